The minimum atomic E-state index is 0.586. The van der Waals surface area contributed by atoms with E-state index < -0.39 is 0 Å². The number of thiazole rings is 1. The third-order valence-electron chi connectivity index (χ3n) is 3.25. The summed E-state index contributed by atoms with van der Waals surface area (Å²) in [6, 6.07) is 0.586. The zero-order valence-electron chi connectivity index (χ0n) is 11.2. The SMILES string of the molecule is CN=C(NCc1ncc(C)s1)NC1CCCCC1. The molecule has 5 heteroatoms. The normalized spacial score (nSPS) is 17.8. The van der Waals surface area contributed by atoms with Crippen LogP contribution in [-0.2, 0) is 6.54 Å². The summed E-state index contributed by atoms with van der Waals surface area (Å²) in [6.07, 6.45) is 8.48. The Morgan fingerprint density at radius 2 is 2.22 bits per heavy atom. The van der Waals surface area contributed by atoms with Crippen molar-refractivity contribution in [3.63, 3.8) is 0 Å². The van der Waals surface area contributed by atoms with Gasteiger partial charge in [-0.2, -0.15) is 0 Å². The van der Waals surface area contributed by atoms with Crippen LogP contribution in [-0.4, -0.2) is 24.0 Å². The molecule has 0 aliphatic heterocycles. The number of nitrogens with one attached hydrogen (secondary N) is 2. The smallest absolute Gasteiger partial charge is 0.191 e. The molecule has 0 atom stereocenters. The number of rotatable bonds is 3. The van der Waals surface area contributed by atoms with Gasteiger partial charge in [0.15, 0.2) is 5.96 Å². The summed E-state index contributed by atoms with van der Waals surface area (Å²) in [7, 11) is 1.82. The molecule has 2 rings (SSSR count). The number of aromatic nitrogens is 1. The van der Waals surface area contributed by atoms with Gasteiger partial charge in [0.2, 0.25) is 0 Å². The monoisotopic (exact) mass is 266 g/mol. The van der Waals surface area contributed by atoms with Crippen molar-refractivity contribution in [2.45, 2.75) is 51.6 Å². The van der Waals surface area contributed by atoms with Gasteiger partial charge in [-0.1, -0.05) is 19.3 Å². The molecule has 0 spiro atoms. The predicted octanol–water partition coefficient (Wildman–Crippen LogP) is 2.45. The molecule has 1 aliphatic rings. The standard InChI is InChI=1S/C13H22N4S/c1-10-8-15-12(18-10)9-16-13(14-2)17-11-6-4-3-5-7-11/h8,11H,3-7,9H2,1-2H3,(H2,14,16,17). The van der Waals surface area contributed by atoms with Crippen LogP contribution in [0.25, 0.3) is 0 Å². The molecule has 1 saturated carbocycles. The van der Waals surface area contributed by atoms with Gasteiger partial charge in [0.25, 0.3) is 0 Å². The van der Waals surface area contributed by atoms with Crippen LogP contribution in [0, 0.1) is 6.92 Å². The summed E-state index contributed by atoms with van der Waals surface area (Å²) in [5, 5.41) is 7.94. The molecule has 18 heavy (non-hydrogen) atoms. The molecule has 1 aliphatic carbocycles. The van der Waals surface area contributed by atoms with Crippen molar-refractivity contribution >= 4 is 17.3 Å². The fourth-order valence-electron chi connectivity index (χ4n) is 2.28. The van der Waals surface area contributed by atoms with Crippen LogP contribution >= 0.6 is 11.3 Å². The molecule has 1 fully saturated rings. The Hall–Kier alpha value is -1.10. The topological polar surface area (TPSA) is 49.3 Å². The summed E-state index contributed by atoms with van der Waals surface area (Å²) >= 11 is 1.73. The Labute approximate surface area is 113 Å². The van der Waals surface area contributed by atoms with Gasteiger partial charge < -0.3 is 10.6 Å². The van der Waals surface area contributed by atoms with Crippen molar-refractivity contribution in [1.82, 2.24) is 15.6 Å². The molecule has 1 heterocycles. The highest BCUT2D eigenvalue weighted by atomic mass is 32.1. The summed E-state index contributed by atoms with van der Waals surface area (Å²) in [6.45, 7) is 2.83. The highest BCUT2D eigenvalue weighted by Gasteiger charge is 2.14. The number of nitrogens with zero attached hydrogens (tertiary/aromatic N) is 2. The van der Waals surface area contributed by atoms with Crippen molar-refractivity contribution in [2.24, 2.45) is 4.99 Å². The largest absolute Gasteiger partial charge is 0.354 e. The molecule has 0 radical (unpaired) electrons. The maximum atomic E-state index is 4.34. The van der Waals surface area contributed by atoms with Gasteiger partial charge in [0, 0.05) is 24.2 Å². The van der Waals surface area contributed by atoms with E-state index in [1.54, 1.807) is 11.3 Å². The van der Waals surface area contributed by atoms with E-state index in [-0.39, 0.29) is 0 Å². The lowest BCUT2D eigenvalue weighted by molar-refractivity contribution is 0.410. The maximum Gasteiger partial charge on any atom is 0.191 e. The Morgan fingerprint density at radius 1 is 1.44 bits per heavy atom. The van der Waals surface area contributed by atoms with Gasteiger partial charge in [0.1, 0.15) is 5.01 Å². The first-order valence-electron chi connectivity index (χ1n) is 6.66. The predicted molar refractivity (Wildman–Crippen MR) is 77.1 cm³/mol. The number of aryl methyl sites for hydroxylation is 1. The van der Waals surface area contributed by atoms with Crippen LogP contribution in [0.5, 0.6) is 0 Å². The van der Waals surface area contributed by atoms with Gasteiger partial charge in [0.05, 0.1) is 6.54 Å². The van der Waals surface area contributed by atoms with Crippen molar-refractivity contribution in [1.29, 1.82) is 0 Å². The van der Waals surface area contributed by atoms with Crippen molar-refractivity contribution in [3.8, 4) is 0 Å². The van der Waals surface area contributed by atoms with Gasteiger partial charge in [-0.15, -0.1) is 11.3 Å². The van der Waals surface area contributed by atoms with Crippen molar-refractivity contribution in [2.75, 3.05) is 7.05 Å². The third kappa shape index (κ3) is 3.98. The molecule has 2 N–H and O–H groups in total. The van der Waals surface area contributed by atoms with Crippen molar-refractivity contribution < 1.29 is 0 Å². The second-order valence-corrected chi connectivity index (χ2v) is 6.09. The van der Waals surface area contributed by atoms with Crippen LogP contribution in [0.4, 0.5) is 0 Å². The van der Waals surface area contributed by atoms with E-state index in [2.05, 4.69) is 27.5 Å². The molecular weight excluding hydrogens is 244 g/mol. The molecule has 100 valence electrons. The highest BCUT2D eigenvalue weighted by Crippen LogP contribution is 2.17. The fraction of sp³-hybridized carbons (Fsp3) is 0.692. The van der Waals surface area contributed by atoms with E-state index >= 15 is 0 Å². The van der Waals surface area contributed by atoms with Gasteiger partial charge in [-0.25, -0.2) is 4.98 Å². The molecular formula is C13H22N4S. The molecule has 1 aromatic rings. The van der Waals surface area contributed by atoms with E-state index in [4.69, 9.17) is 0 Å². The van der Waals surface area contributed by atoms with E-state index in [1.807, 2.05) is 13.2 Å². The summed E-state index contributed by atoms with van der Waals surface area (Å²) in [4.78, 5) is 9.87. The van der Waals surface area contributed by atoms with Crippen LogP contribution in [0.1, 0.15) is 42.0 Å². The molecule has 0 aromatic carbocycles. The maximum absolute atomic E-state index is 4.34. The zero-order valence-corrected chi connectivity index (χ0v) is 12.0. The van der Waals surface area contributed by atoms with Crippen LogP contribution in [0.3, 0.4) is 0 Å². The summed E-state index contributed by atoms with van der Waals surface area (Å²) in [5.74, 6) is 0.898. The lowest BCUT2D eigenvalue weighted by Crippen LogP contribution is -2.43. The second-order valence-electron chi connectivity index (χ2n) is 4.77. The molecule has 0 amide bonds. The average Bonchev–Trinajstić information content (AvgIpc) is 2.81. The lowest BCUT2D eigenvalue weighted by atomic mass is 9.96. The number of guanidine groups is 1. The first-order chi connectivity index (χ1) is 8.78. The summed E-state index contributed by atoms with van der Waals surface area (Å²) in [5.41, 5.74) is 0. The Kier molecular flexibility index (Phi) is 4.99. The van der Waals surface area contributed by atoms with Crippen LogP contribution in [0.15, 0.2) is 11.2 Å². The highest BCUT2D eigenvalue weighted by molar-refractivity contribution is 7.11. The van der Waals surface area contributed by atoms with E-state index in [1.165, 1.54) is 37.0 Å². The minimum Gasteiger partial charge on any atom is -0.354 e. The van der Waals surface area contributed by atoms with Crippen molar-refractivity contribution in [3.05, 3.63) is 16.1 Å². The molecule has 0 bridgehead atoms. The van der Waals surface area contributed by atoms with Gasteiger partial charge >= 0.3 is 0 Å². The van der Waals surface area contributed by atoms with Gasteiger partial charge in [-0.05, 0) is 19.8 Å². The first-order valence-corrected chi connectivity index (χ1v) is 7.48. The molecule has 4 nitrogen and oxygen atoms in total. The molecule has 0 saturated heterocycles. The van der Waals surface area contributed by atoms with Crippen LogP contribution in [0.2, 0.25) is 0 Å². The van der Waals surface area contributed by atoms with Gasteiger partial charge in [-0.3, -0.25) is 4.99 Å². The van der Waals surface area contributed by atoms with E-state index in [9.17, 15) is 0 Å². The number of hydrogen-bond acceptors (Lipinski definition) is 3. The Balaban J connectivity index is 1.78. The quantitative estimate of drug-likeness (QED) is 0.652. The minimum absolute atomic E-state index is 0.586. The fourth-order valence-corrected chi connectivity index (χ4v) is 3.00. The lowest BCUT2D eigenvalue weighted by Gasteiger charge is -2.24. The summed E-state index contributed by atoms with van der Waals surface area (Å²) < 4.78 is 0. The molecule has 1 aromatic heterocycles. The van der Waals surface area contributed by atoms with Crippen LogP contribution < -0.4 is 10.6 Å². The second kappa shape index (κ2) is 6.73. The Bertz CT molecular complexity index is 393. The molecule has 0 unspecified atom stereocenters. The first kappa shape index (κ1) is 13.3. The number of aliphatic imine (C=N–C) groups is 1. The Morgan fingerprint density at radius 3 is 2.83 bits per heavy atom. The van der Waals surface area contributed by atoms with E-state index in [0.717, 1.165) is 17.5 Å². The zero-order chi connectivity index (χ0) is 12.8. The average molecular weight is 266 g/mol. The third-order valence-corrected chi connectivity index (χ3v) is 4.16. The number of hydrogen-bond donors (Lipinski definition) is 2. The van der Waals surface area contributed by atoms with E-state index in [0.29, 0.717) is 6.04 Å².